The molecule has 0 unspecified atom stereocenters. The van der Waals surface area contributed by atoms with Crippen molar-refractivity contribution in [3.8, 4) is 11.3 Å². The molecular formula is C20H11ClF3NO2. The monoisotopic (exact) mass is 389 g/mol. The van der Waals surface area contributed by atoms with Gasteiger partial charge in [-0.15, -0.1) is 0 Å². The van der Waals surface area contributed by atoms with Crippen molar-refractivity contribution >= 4 is 34.8 Å². The molecule has 4 rings (SSSR count). The minimum atomic E-state index is -4.47. The van der Waals surface area contributed by atoms with Crippen LogP contribution in [0.2, 0.25) is 5.02 Å². The number of hydrogen-bond acceptors (Lipinski definition) is 2. The lowest BCUT2D eigenvalue weighted by Crippen LogP contribution is -2.06. The molecule has 2 heterocycles. The van der Waals surface area contributed by atoms with Crippen LogP contribution < -0.4 is 5.32 Å². The number of amides is 1. The Labute approximate surface area is 157 Å². The van der Waals surface area contributed by atoms with Gasteiger partial charge in [-0.25, -0.2) is 0 Å². The summed E-state index contributed by atoms with van der Waals surface area (Å²) in [5, 5.41) is 3.06. The minimum Gasteiger partial charge on any atom is -0.457 e. The Hall–Kier alpha value is -2.99. The number of furan rings is 1. The van der Waals surface area contributed by atoms with Crippen LogP contribution in [0.5, 0.6) is 0 Å². The van der Waals surface area contributed by atoms with Crippen LogP contribution in [0.3, 0.4) is 0 Å². The molecule has 2 aromatic carbocycles. The first kappa shape index (κ1) is 17.4. The van der Waals surface area contributed by atoms with E-state index in [2.05, 4.69) is 5.32 Å². The van der Waals surface area contributed by atoms with Crippen LogP contribution in [-0.2, 0) is 11.0 Å². The predicted octanol–water partition coefficient (Wildman–Crippen LogP) is 6.11. The second kappa shape index (κ2) is 6.32. The first-order valence-corrected chi connectivity index (χ1v) is 8.29. The largest absolute Gasteiger partial charge is 0.457 e. The van der Waals surface area contributed by atoms with Crippen molar-refractivity contribution in [1.82, 2.24) is 0 Å². The van der Waals surface area contributed by atoms with Gasteiger partial charge in [-0.1, -0.05) is 17.7 Å². The predicted molar refractivity (Wildman–Crippen MR) is 97.1 cm³/mol. The van der Waals surface area contributed by atoms with Gasteiger partial charge in [0.1, 0.15) is 11.5 Å². The van der Waals surface area contributed by atoms with Crippen LogP contribution >= 0.6 is 11.6 Å². The van der Waals surface area contributed by atoms with Gasteiger partial charge < -0.3 is 9.73 Å². The summed E-state index contributed by atoms with van der Waals surface area (Å²) in [6.07, 6.45) is -2.96. The third-order valence-corrected chi connectivity index (χ3v) is 4.42. The highest BCUT2D eigenvalue weighted by Crippen LogP contribution is 2.38. The van der Waals surface area contributed by atoms with Crippen LogP contribution in [0.4, 0.5) is 18.9 Å². The van der Waals surface area contributed by atoms with E-state index in [0.29, 0.717) is 22.1 Å². The van der Waals surface area contributed by atoms with Gasteiger partial charge in [-0.3, -0.25) is 4.79 Å². The average molecular weight is 390 g/mol. The molecule has 1 aromatic heterocycles. The molecule has 0 saturated carbocycles. The van der Waals surface area contributed by atoms with Gasteiger partial charge in [0, 0.05) is 21.8 Å². The lowest BCUT2D eigenvalue weighted by atomic mass is 10.0. The normalized spacial score (nSPS) is 15.1. The van der Waals surface area contributed by atoms with Crippen molar-refractivity contribution in [2.45, 2.75) is 6.18 Å². The third-order valence-electron chi connectivity index (χ3n) is 4.17. The Kier molecular flexibility index (Phi) is 4.08. The lowest BCUT2D eigenvalue weighted by molar-refractivity contribution is -0.137. The highest BCUT2D eigenvalue weighted by molar-refractivity contribution is 6.34. The highest BCUT2D eigenvalue weighted by Gasteiger charge is 2.33. The van der Waals surface area contributed by atoms with Gasteiger partial charge in [0.25, 0.3) is 5.91 Å². The molecule has 3 nitrogen and oxygen atoms in total. The van der Waals surface area contributed by atoms with Crippen molar-refractivity contribution in [2.24, 2.45) is 0 Å². The fourth-order valence-electron chi connectivity index (χ4n) is 2.86. The molecular weight excluding hydrogens is 379 g/mol. The summed E-state index contributed by atoms with van der Waals surface area (Å²) >= 11 is 5.87. The molecule has 1 aliphatic heterocycles. The number of halogens is 4. The first-order valence-electron chi connectivity index (χ1n) is 7.92. The summed E-state index contributed by atoms with van der Waals surface area (Å²) in [5.74, 6) is 0.524. The van der Waals surface area contributed by atoms with Crippen LogP contribution in [0.1, 0.15) is 16.9 Å². The number of rotatable bonds is 2. The molecule has 1 N–H and O–H groups in total. The van der Waals surface area contributed by atoms with Crippen molar-refractivity contribution in [3.63, 3.8) is 0 Å². The smallest absolute Gasteiger partial charge is 0.416 e. The van der Waals surface area contributed by atoms with Crippen LogP contribution in [0.25, 0.3) is 23.0 Å². The second-order valence-electron chi connectivity index (χ2n) is 5.98. The Balaban J connectivity index is 1.68. The van der Waals surface area contributed by atoms with Gasteiger partial charge in [0.2, 0.25) is 0 Å². The van der Waals surface area contributed by atoms with Crippen LogP contribution in [0.15, 0.2) is 59.0 Å². The standard InChI is InChI=1S/C20H11ClF3NO2/c21-13-4-1-11(2-5-13)18-8-6-14(27-18)10-16-15-7-3-12(20(22,23)24)9-17(15)25-19(16)26/h1-10H,(H,25,26)/b16-10+. The topological polar surface area (TPSA) is 42.2 Å². The maximum Gasteiger partial charge on any atom is 0.416 e. The quantitative estimate of drug-likeness (QED) is 0.537. The molecule has 0 saturated heterocycles. The number of anilines is 1. The number of carbonyl (C=O) groups excluding carboxylic acids is 1. The fraction of sp³-hybridized carbons (Fsp3) is 0.0500. The maximum atomic E-state index is 12.8. The SMILES string of the molecule is O=C1Nc2cc(C(F)(F)F)ccc2/C1=C\c1ccc(-c2ccc(Cl)cc2)o1. The summed E-state index contributed by atoms with van der Waals surface area (Å²) in [5.41, 5.74) is 0.777. The Bertz CT molecular complexity index is 1070. The van der Waals surface area contributed by atoms with Crippen LogP contribution in [0, 0.1) is 0 Å². The zero-order valence-electron chi connectivity index (χ0n) is 13.6. The van der Waals surface area contributed by atoms with Crippen molar-refractivity contribution in [3.05, 3.63) is 76.5 Å². The van der Waals surface area contributed by atoms with Gasteiger partial charge in [0.05, 0.1) is 11.1 Å². The van der Waals surface area contributed by atoms with Crippen molar-refractivity contribution in [2.75, 3.05) is 5.32 Å². The molecule has 1 aliphatic rings. The number of alkyl halides is 3. The molecule has 0 fully saturated rings. The highest BCUT2D eigenvalue weighted by atomic mass is 35.5. The molecule has 27 heavy (non-hydrogen) atoms. The van der Waals surface area contributed by atoms with E-state index >= 15 is 0 Å². The lowest BCUT2D eigenvalue weighted by Gasteiger charge is -2.07. The molecule has 136 valence electrons. The Morgan fingerprint density at radius 1 is 1.00 bits per heavy atom. The Morgan fingerprint density at radius 3 is 2.44 bits per heavy atom. The van der Waals surface area contributed by atoms with E-state index in [1.54, 1.807) is 36.4 Å². The fourth-order valence-corrected chi connectivity index (χ4v) is 2.98. The summed E-state index contributed by atoms with van der Waals surface area (Å²) in [7, 11) is 0. The number of carbonyl (C=O) groups is 1. The van der Waals surface area contributed by atoms with E-state index in [1.165, 1.54) is 12.1 Å². The molecule has 0 radical (unpaired) electrons. The van der Waals surface area contributed by atoms with E-state index in [0.717, 1.165) is 17.7 Å². The molecule has 7 heteroatoms. The van der Waals surface area contributed by atoms with Gasteiger partial charge >= 0.3 is 6.18 Å². The van der Waals surface area contributed by atoms with Crippen LogP contribution in [-0.4, -0.2) is 5.91 Å². The zero-order chi connectivity index (χ0) is 19.2. The number of fused-ring (bicyclic) bond motifs is 1. The molecule has 1 amide bonds. The maximum absolute atomic E-state index is 12.8. The average Bonchev–Trinajstić information content (AvgIpc) is 3.20. The second-order valence-corrected chi connectivity index (χ2v) is 6.42. The van der Waals surface area contributed by atoms with Gasteiger partial charge in [-0.2, -0.15) is 13.2 Å². The summed E-state index contributed by atoms with van der Waals surface area (Å²) in [4.78, 5) is 12.2. The number of nitrogens with one attached hydrogen (secondary N) is 1. The van der Waals surface area contributed by atoms with E-state index < -0.39 is 17.6 Å². The third kappa shape index (κ3) is 3.36. The summed E-state index contributed by atoms with van der Waals surface area (Å²) in [6.45, 7) is 0. The molecule has 0 aliphatic carbocycles. The van der Waals surface area contributed by atoms with Crippen molar-refractivity contribution < 1.29 is 22.4 Å². The summed E-state index contributed by atoms with van der Waals surface area (Å²) in [6, 6.07) is 13.7. The Morgan fingerprint density at radius 2 is 1.74 bits per heavy atom. The number of benzene rings is 2. The molecule has 0 atom stereocenters. The molecule has 0 spiro atoms. The van der Waals surface area contributed by atoms with E-state index in [4.69, 9.17) is 16.0 Å². The van der Waals surface area contributed by atoms with Crippen molar-refractivity contribution in [1.29, 1.82) is 0 Å². The molecule has 0 bridgehead atoms. The van der Waals surface area contributed by atoms with Gasteiger partial charge in [0.15, 0.2) is 0 Å². The minimum absolute atomic E-state index is 0.130. The molecule has 3 aromatic rings. The van der Waals surface area contributed by atoms with E-state index in [9.17, 15) is 18.0 Å². The van der Waals surface area contributed by atoms with E-state index in [1.807, 2.05) is 0 Å². The summed E-state index contributed by atoms with van der Waals surface area (Å²) < 4.78 is 44.2. The zero-order valence-corrected chi connectivity index (χ0v) is 14.4. The number of hydrogen-bond donors (Lipinski definition) is 1. The van der Waals surface area contributed by atoms with Gasteiger partial charge in [-0.05, 0) is 54.6 Å². The van der Waals surface area contributed by atoms with E-state index in [-0.39, 0.29) is 11.3 Å². The first-order chi connectivity index (χ1) is 12.8.